The van der Waals surface area contributed by atoms with Gasteiger partial charge in [0, 0.05) is 13.1 Å². The largest absolute Gasteiger partial charge is 0.333 e. The highest BCUT2D eigenvalue weighted by Gasteiger charge is 2.27. The maximum Gasteiger partial charge on any atom is 0.315 e. The SMILES string of the molecule is CC(C)(C)C(C=O)NC(=O)NCC(=O)N1CC2=C(CCC=C2)C1. The molecule has 2 rings (SSSR count). The summed E-state index contributed by atoms with van der Waals surface area (Å²) in [6.07, 6.45) is 6.97. The van der Waals surface area contributed by atoms with Crippen LogP contribution in [-0.4, -0.2) is 48.8 Å². The molecule has 23 heavy (non-hydrogen) atoms. The zero-order chi connectivity index (χ0) is 17.0. The Bertz CT molecular complexity index is 558. The molecule has 1 aliphatic carbocycles. The lowest BCUT2D eigenvalue weighted by Crippen LogP contribution is -2.50. The number of aldehydes is 1. The van der Waals surface area contributed by atoms with E-state index in [1.807, 2.05) is 20.8 Å². The maximum atomic E-state index is 12.2. The first-order chi connectivity index (χ1) is 10.8. The van der Waals surface area contributed by atoms with Crippen molar-refractivity contribution >= 4 is 18.2 Å². The minimum absolute atomic E-state index is 0.0637. The zero-order valence-electron chi connectivity index (χ0n) is 14.0. The molecule has 2 aliphatic rings. The van der Waals surface area contributed by atoms with Crippen LogP contribution >= 0.6 is 0 Å². The number of rotatable bonds is 4. The van der Waals surface area contributed by atoms with Crippen LogP contribution in [0.1, 0.15) is 33.6 Å². The number of nitrogens with one attached hydrogen (secondary N) is 2. The highest BCUT2D eigenvalue weighted by Crippen LogP contribution is 2.26. The van der Waals surface area contributed by atoms with E-state index in [4.69, 9.17) is 0 Å². The predicted octanol–water partition coefficient (Wildman–Crippen LogP) is 1.39. The van der Waals surface area contributed by atoms with E-state index in [-0.39, 0.29) is 17.9 Å². The summed E-state index contributed by atoms with van der Waals surface area (Å²) in [7, 11) is 0. The minimum Gasteiger partial charge on any atom is -0.333 e. The summed E-state index contributed by atoms with van der Waals surface area (Å²) in [6.45, 7) is 6.81. The molecule has 0 aromatic carbocycles. The Morgan fingerprint density at radius 2 is 2.09 bits per heavy atom. The quantitative estimate of drug-likeness (QED) is 0.769. The van der Waals surface area contributed by atoms with Gasteiger partial charge in [0.1, 0.15) is 6.29 Å². The van der Waals surface area contributed by atoms with Gasteiger partial charge >= 0.3 is 6.03 Å². The highest BCUT2D eigenvalue weighted by molar-refractivity contribution is 5.86. The number of hydrogen-bond acceptors (Lipinski definition) is 3. The molecule has 0 bridgehead atoms. The van der Waals surface area contributed by atoms with E-state index in [0.717, 1.165) is 12.8 Å². The lowest BCUT2D eigenvalue weighted by molar-refractivity contribution is -0.128. The Kier molecular flexibility index (Phi) is 5.23. The molecule has 3 amide bonds. The van der Waals surface area contributed by atoms with Crippen LogP contribution in [0.3, 0.4) is 0 Å². The molecule has 126 valence electrons. The first-order valence-electron chi connectivity index (χ1n) is 7.96. The normalized spacial score (nSPS) is 18.5. The van der Waals surface area contributed by atoms with Gasteiger partial charge in [-0.25, -0.2) is 4.79 Å². The Morgan fingerprint density at radius 1 is 1.35 bits per heavy atom. The van der Waals surface area contributed by atoms with Crippen LogP contribution in [0.15, 0.2) is 23.3 Å². The van der Waals surface area contributed by atoms with Gasteiger partial charge in [-0.1, -0.05) is 32.9 Å². The maximum absolute atomic E-state index is 12.2. The molecule has 1 heterocycles. The smallest absolute Gasteiger partial charge is 0.315 e. The topological polar surface area (TPSA) is 78.5 Å². The Labute approximate surface area is 137 Å². The predicted molar refractivity (Wildman–Crippen MR) is 87.8 cm³/mol. The molecule has 1 unspecified atom stereocenters. The van der Waals surface area contributed by atoms with Gasteiger partial charge in [-0.15, -0.1) is 0 Å². The van der Waals surface area contributed by atoms with Crippen molar-refractivity contribution in [1.29, 1.82) is 0 Å². The number of hydrogen-bond donors (Lipinski definition) is 2. The monoisotopic (exact) mass is 319 g/mol. The summed E-state index contributed by atoms with van der Waals surface area (Å²) >= 11 is 0. The van der Waals surface area contributed by atoms with E-state index in [1.165, 1.54) is 11.1 Å². The summed E-state index contributed by atoms with van der Waals surface area (Å²) in [4.78, 5) is 36.9. The molecule has 0 saturated heterocycles. The summed E-state index contributed by atoms with van der Waals surface area (Å²) < 4.78 is 0. The van der Waals surface area contributed by atoms with Gasteiger partial charge in [0.2, 0.25) is 5.91 Å². The van der Waals surface area contributed by atoms with Gasteiger partial charge in [-0.2, -0.15) is 0 Å². The number of amides is 3. The van der Waals surface area contributed by atoms with Crippen molar-refractivity contribution in [3.63, 3.8) is 0 Å². The Hall–Kier alpha value is -2.11. The first kappa shape index (κ1) is 17.2. The van der Waals surface area contributed by atoms with Crippen LogP contribution in [0.25, 0.3) is 0 Å². The van der Waals surface area contributed by atoms with E-state index in [2.05, 4.69) is 22.8 Å². The van der Waals surface area contributed by atoms with Crippen molar-refractivity contribution in [3.05, 3.63) is 23.3 Å². The first-order valence-corrected chi connectivity index (χ1v) is 7.96. The molecule has 0 aromatic heterocycles. The second-order valence-corrected chi connectivity index (χ2v) is 7.13. The summed E-state index contributed by atoms with van der Waals surface area (Å²) in [6, 6.07) is -1.09. The highest BCUT2D eigenvalue weighted by atomic mass is 16.2. The van der Waals surface area contributed by atoms with Gasteiger partial charge in [0.05, 0.1) is 12.6 Å². The van der Waals surface area contributed by atoms with Gasteiger partial charge in [-0.05, 0) is 29.4 Å². The third-order valence-corrected chi connectivity index (χ3v) is 4.24. The van der Waals surface area contributed by atoms with Crippen LogP contribution in [0.4, 0.5) is 4.79 Å². The van der Waals surface area contributed by atoms with Gasteiger partial charge in [0.15, 0.2) is 0 Å². The van der Waals surface area contributed by atoms with E-state index >= 15 is 0 Å². The summed E-state index contributed by atoms with van der Waals surface area (Å²) in [5.41, 5.74) is 2.18. The molecule has 0 aromatic rings. The van der Waals surface area contributed by atoms with Crippen LogP contribution in [0, 0.1) is 5.41 Å². The average molecular weight is 319 g/mol. The molecule has 0 fully saturated rings. The van der Waals surface area contributed by atoms with Crippen molar-refractivity contribution in [2.75, 3.05) is 19.6 Å². The Morgan fingerprint density at radius 3 is 2.70 bits per heavy atom. The van der Waals surface area contributed by atoms with Crippen molar-refractivity contribution < 1.29 is 14.4 Å². The van der Waals surface area contributed by atoms with Crippen molar-refractivity contribution in [1.82, 2.24) is 15.5 Å². The van der Waals surface area contributed by atoms with Crippen LogP contribution in [0.2, 0.25) is 0 Å². The number of urea groups is 1. The average Bonchev–Trinajstić information content (AvgIpc) is 2.93. The molecule has 1 aliphatic heterocycles. The Balaban J connectivity index is 1.78. The lowest BCUT2D eigenvalue weighted by Gasteiger charge is -2.26. The molecule has 2 N–H and O–H groups in total. The lowest BCUT2D eigenvalue weighted by atomic mass is 9.88. The van der Waals surface area contributed by atoms with Crippen LogP contribution in [0.5, 0.6) is 0 Å². The van der Waals surface area contributed by atoms with Gasteiger partial charge in [-0.3, -0.25) is 4.79 Å². The number of nitrogens with zero attached hydrogens (tertiary/aromatic N) is 1. The number of allylic oxidation sites excluding steroid dienone is 1. The van der Waals surface area contributed by atoms with Crippen LogP contribution < -0.4 is 10.6 Å². The zero-order valence-corrected chi connectivity index (χ0v) is 14.0. The second-order valence-electron chi connectivity index (χ2n) is 7.13. The molecule has 0 saturated carbocycles. The number of carbonyl (C=O) groups is 3. The third kappa shape index (κ3) is 4.43. The minimum atomic E-state index is -0.594. The van der Waals surface area contributed by atoms with Crippen molar-refractivity contribution in [2.45, 2.75) is 39.7 Å². The fraction of sp³-hybridized carbons (Fsp3) is 0.588. The molecule has 1 atom stereocenters. The number of carbonyl (C=O) groups excluding carboxylic acids is 3. The van der Waals surface area contributed by atoms with Crippen molar-refractivity contribution in [2.24, 2.45) is 5.41 Å². The standard InChI is InChI=1S/C17H25N3O3/c1-17(2,3)14(11-21)19-16(23)18-8-15(22)20-9-12-6-4-5-7-13(12)10-20/h4,6,11,14H,5,7-10H2,1-3H3,(H2,18,19,23). The fourth-order valence-corrected chi connectivity index (χ4v) is 2.69. The van der Waals surface area contributed by atoms with E-state index in [9.17, 15) is 14.4 Å². The van der Waals surface area contributed by atoms with E-state index in [1.54, 1.807) is 4.90 Å². The van der Waals surface area contributed by atoms with E-state index in [0.29, 0.717) is 19.4 Å². The van der Waals surface area contributed by atoms with Gasteiger partial charge < -0.3 is 20.3 Å². The van der Waals surface area contributed by atoms with E-state index < -0.39 is 12.1 Å². The molecule has 0 spiro atoms. The molecule has 6 heteroatoms. The van der Waals surface area contributed by atoms with Crippen LogP contribution in [-0.2, 0) is 9.59 Å². The fourth-order valence-electron chi connectivity index (χ4n) is 2.69. The van der Waals surface area contributed by atoms with Crippen molar-refractivity contribution in [3.8, 4) is 0 Å². The third-order valence-electron chi connectivity index (χ3n) is 4.24. The molecule has 0 radical (unpaired) electrons. The molecular formula is C17H25N3O3. The summed E-state index contributed by atoms with van der Waals surface area (Å²) in [5, 5.41) is 5.13. The second kappa shape index (κ2) is 6.98. The molecular weight excluding hydrogens is 294 g/mol. The summed E-state index contributed by atoms with van der Waals surface area (Å²) in [5.74, 6) is -0.110. The van der Waals surface area contributed by atoms with Gasteiger partial charge in [0.25, 0.3) is 0 Å². The molecule has 6 nitrogen and oxygen atoms in total.